The number of ketones is 1. The van der Waals surface area contributed by atoms with Crippen molar-refractivity contribution in [3.8, 4) is 0 Å². The molecule has 1 heterocycles. The molecule has 116 valence electrons. The molecule has 23 heavy (non-hydrogen) atoms. The lowest BCUT2D eigenvalue weighted by Gasteiger charge is -2.28. The number of hydrogen-bond acceptors (Lipinski definition) is 3. The molecule has 2 aromatic rings. The van der Waals surface area contributed by atoms with E-state index < -0.39 is 0 Å². The second-order valence-electron chi connectivity index (χ2n) is 6.49. The summed E-state index contributed by atoms with van der Waals surface area (Å²) in [4.78, 5) is 12.8. The highest BCUT2D eigenvalue weighted by molar-refractivity contribution is 6.00. The number of fused-ring (bicyclic) bond motifs is 1. The van der Waals surface area contributed by atoms with Gasteiger partial charge < -0.3 is 10.6 Å². The zero-order chi connectivity index (χ0) is 15.8. The number of anilines is 2. The molecule has 0 spiro atoms. The molecule has 2 N–H and O–H groups in total. The van der Waals surface area contributed by atoms with Crippen LogP contribution in [-0.4, -0.2) is 5.78 Å². The van der Waals surface area contributed by atoms with Crippen molar-refractivity contribution in [1.29, 1.82) is 0 Å². The van der Waals surface area contributed by atoms with Crippen LogP contribution >= 0.6 is 0 Å². The molecule has 0 fully saturated rings. The van der Waals surface area contributed by atoms with Gasteiger partial charge in [0.1, 0.15) is 0 Å². The van der Waals surface area contributed by atoms with Gasteiger partial charge in [0, 0.05) is 17.7 Å². The summed E-state index contributed by atoms with van der Waals surface area (Å²) in [6.07, 6.45) is 1.54. The average molecular weight is 304 g/mol. The number of carbonyl (C=O) groups is 1. The van der Waals surface area contributed by atoms with Gasteiger partial charge in [-0.1, -0.05) is 49.4 Å². The number of benzene rings is 2. The summed E-state index contributed by atoms with van der Waals surface area (Å²) in [5, 5.41) is 7.10. The second-order valence-corrected chi connectivity index (χ2v) is 6.49. The van der Waals surface area contributed by atoms with Crippen LogP contribution in [0.1, 0.15) is 31.4 Å². The Kier molecular flexibility index (Phi) is 3.41. The van der Waals surface area contributed by atoms with Crippen LogP contribution in [0.2, 0.25) is 0 Å². The lowest BCUT2D eigenvalue weighted by molar-refractivity contribution is -0.117. The number of nitrogens with one attached hydrogen (secondary N) is 2. The summed E-state index contributed by atoms with van der Waals surface area (Å²) >= 11 is 0. The minimum absolute atomic E-state index is 0.0950. The van der Waals surface area contributed by atoms with Gasteiger partial charge in [-0.25, -0.2) is 0 Å². The zero-order valence-corrected chi connectivity index (χ0v) is 13.2. The summed E-state index contributed by atoms with van der Waals surface area (Å²) in [6.45, 7) is 2.14. The number of allylic oxidation sites excluding steroid dienone is 1. The third-order valence-corrected chi connectivity index (χ3v) is 4.65. The standard InChI is InChI=1S/C20H20N2O/c1-13-11-17-19(18(23)12-13)20(14-7-3-2-4-8-14)22-16-10-6-5-9-15(16)21-17/h2-10,13,20-22H,11-12H2,1H3/t13-,20+/m0/s1. The highest BCUT2D eigenvalue weighted by Gasteiger charge is 2.33. The molecule has 1 aliphatic heterocycles. The first-order valence-corrected chi connectivity index (χ1v) is 8.16. The molecule has 0 bridgehead atoms. The molecule has 0 unspecified atom stereocenters. The van der Waals surface area contributed by atoms with Crippen molar-refractivity contribution in [2.45, 2.75) is 25.8 Å². The molecule has 2 atom stereocenters. The topological polar surface area (TPSA) is 41.1 Å². The van der Waals surface area contributed by atoms with E-state index in [4.69, 9.17) is 0 Å². The van der Waals surface area contributed by atoms with E-state index in [0.29, 0.717) is 12.3 Å². The number of para-hydroxylation sites is 2. The Morgan fingerprint density at radius 1 is 0.913 bits per heavy atom. The van der Waals surface area contributed by atoms with E-state index in [1.54, 1.807) is 0 Å². The fourth-order valence-corrected chi connectivity index (χ4v) is 3.58. The van der Waals surface area contributed by atoms with Gasteiger partial charge in [0.15, 0.2) is 5.78 Å². The molecule has 1 aliphatic carbocycles. The van der Waals surface area contributed by atoms with Crippen molar-refractivity contribution in [3.05, 3.63) is 71.4 Å². The molecule has 3 heteroatoms. The van der Waals surface area contributed by atoms with Crippen molar-refractivity contribution in [2.24, 2.45) is 5.92 Å². The maximum atomic E-state index is 12.8. The van der Waals surface area contributed by atoms with E-state index in [1.165, 1.54) is 0 Å². The summed E-state index contributed by atoms with van der Waals surface area (Å²) in [5.41, 5.74) is 5.17. The number of hydrogen-bond donors (Lipinski definition) is 2. The highest BCUT2D eigenvalue weighted by atomic mass is 16.1. The minimum atomic E-state index is -0.0950. The summed E-state index contributed by atoms with van der Waals surface area (Å²) in [7, 11) is 0. The Hall–Kier alpha value is -2.55. The fraction of sp³-hybridized carbons (Fsp3) is 0.250. The van der Waals surface area contributed by atoms with E-state index in [0.717, 1.165) is 34.6 Å². The zero-order valence-electron chi connectivity index (χ0n) is 13.2. The SMILES string of the molecule is C[C@@H]1CC(=O)C2=C(C1)Nc1ccccc1N[C@@H]2c1ccccc1. The number of carbonyl (C=O) groups excluding carboxylic acids is 1. The second kappa shape index (κ2) is 5.58. The maximum absolute atomic E-state index is 12.8. The Morgan fingerprint density at radius 3 is 2.39 bits per heavy atom. The highest BCUT2D eigenvalue weighted by Crippen LogP contribution is 2.41. The Bertz CT molecular complexity index is 779. The molecular formula is C20H20N2O. The van der Waals surface area contributed by atoms with Crippen LogP contribution in [0.25, 0.3) is 0 Å². The Balaban J connectivity index is 1.88. The normalized spacial score (nSPS) is 23.3. The molecule has 0 saturated heterocycles. The Labute approximate surface area is 136 Å². The molecule has 0 aromatic heterocycles. The molecule has 2 aliphatic rings. The molecule has 2 aromatic carbocycles. The average Bonchev–Trinajstić information content (AvgIpc) is 2.72. The fourth-order valence-electron chi connectivity index (χ4n) is 3.58. The van der Waals surface area contributed by atoms with Crippen molar-refractivity contribution < 1.29 is 4.79 Å². The van der Waals surface area contributed by atoms with Gasteiger partial charge in [-0.3, -0.25) is 4.79 Å². The van der Waals surface area contributed by atoms with Gasteiger partial charge in [0.25, 0.3) is 0 Å². The van der Waals surface area contributed by atoms with Crippen LogP contribution in [0.4, 0.5) is 11.4 Å². The first-order valence-electron chi connectivity index (χ1n) is 8.16. The van der Waals surface area contributed by atoms with Crippen molar-refractivity contribution >= 4 is 17.2 Å². The monoisotopic (exact) mass is 304 g/mol. The van der Waals surface area contributed by atoms with Crippen molar-refractivity contribution in [2.75, 3.05) is 10.6 Å². The number of Topliss-reactive ketones (excluding diaryl/α,β-unsaturated/α-hetero) is 1. The van der Waals surface area contributed by atoms with Crippen LogP contribution < -0.4 is 10.6 Å². The van der Waals surface area contributed by atoms with Crippen LogP contribution in [0, 0.1) is 5.92 Å². The molecule has 0 amide bonds. The predicted molar refractivity (Wildman–Crippen MR) is 93.3 cm³/mol. The largest absolute Gasteiger partial charge is 0.372 e. The van der Waals surface area contributed by atoms with Gasteiger partial charge in [0.2, 0.25) is 0 Å². The van der Waals surface area contributed by atoms with Gasteiger partial charge >= 0.3 is 0 Å². The van der Waals surface area contributed by atoms with Crippen molar-refractivity contribution in [3.63, 3.8) is 0 Å². The summed E-state index contributed by atoms with van der Waals surface area (Å²) < 4.78 is 0. The molecule has 3 nitrogen and oxygen atoms in total. The smallest absolute Gasteiger partial charge is 0.163 e. The van der Waals surface area contributed by atoms with Gasteiger partial charge in [0.05, 0.1) is 17.4 Å². The van der Waals surface area contributed by atoms with E-state index in [9.17, 15) is 4.79 Å². The van der Waals surface area contributed by atoms with Crippen LogP contribution in [0.3, 0.4) is 0 Å². The third kappa shape index (κ3) is 2.52. The van der Waals surface area contributed by atoms with Crippen LogP contribution in [0.5, 0.6) is 0 Å². The van der Waals surface area contributed by atoms with Crippen molar-refractivity contribution in [1.82, 2.24) is 0 Å². The van der Waals surface area contributed by atoms with Crippen LogP contribution in [-0.2, 0) is 4.79 Å². The predicted octanol–water partition coefficient (Wildman–Crippen LogP) is 4.52. The molecule has 4 rings (SSSR count). The first-order chi connectivity index (χ1) is 11.2. The Morgan fingerprint density at radius 2 is 1.61 bits per heavy atom. The van der Waals surface area contributed by atoms with E-state index in [1.807, 2.05) is 30.3 Å². The summed E-state index contributed by atoms with van der Waals surface area (Å²) in [5.74, 6) is 0.635. The van der Waals surface area contributed by atoms with E-state index >= 15 is 0 Å². The van der Waals surface area contributed by atoms with Gasteiger partial charge in [-0.05, 0) is 30.0 Å². The minimum Gasteiger partial charge on any atom is -0.372 e. The van der Waals surface area contributed by atoms with E-state index in [2.05, 4.69) is 41.8 Å². The lowest BCUT2D eigenvalue weighted by atomic mass is 9.82. The summed E-state index contributed by atoms with van der Waals surface area (Å²) in [6, 6.07) is 18.3. The third-order valence-electron chi connectivity index (χ3n) is 4.65. The molecule has 0 saturated carbocycles. The van der Waals surface area contributed by atoms with Crippen LogP contribution in [0.15, 0.2) is 65.9 Å². The molecular weight excluding hydrogens is 284 g/mol. The number of rotatable bonds is 1. The van der Waals surface area contributed by atoms with E-state index in [-0.39, 0.29) is 11.8 Å². The van der Waals surface area contributed by atoms with Gasteiger partial charge in [-0.2, -0.15) is 0 Å². The first kappa shape index (κ1) is 14.1. The van der Waals surface area contributed by atoms with Gasteiger partial charge in [-0.15, -0.1) is 0 Å². The molecule has 0 radical (unpaired) electrons. The lowest BCUT2D eigenvalue weighted by Crippen LogP contribution is -2.26. The quantitative estimate of drug-likeness (QED) is 0.814. The maximum Gasteiger partial charge on any atom is 0.163 e.